The third kappa shape index (κ3) is 2.78. The van der Waals surface area contributed by atoms with Gasteiger partial charge < -0.3 is 10.5 Å². The molecule has 0 heterocycles. The van der Waals surface area contributed by atoms with E-state index in [1.54, 1.807) is 0 Å². The number of primary amides is 1. The van der Waals surface area contributed by atoms with Crippen LogP contribution in [-0.2, 0) is 5.41 Å². The van der Waals surface area contributed by atoms with E-state index in [2.05, 4.69) is 20.8 Å². The Morgan fingerprint density at radius 1 is 1.35 bits per heavy atom. The van der Waals surface area contributed by atoms with E-state index >= 15 is 0 Å². The molecule has 0 radical (unpaired) electrons. The average Bonchev–Trinajstić information content (AvgIpc) is 3.00. The van der Waals surface area contributed by atoms with E-state index in [9.17, 15) is 4.79 Å². The van der Waals surface area contributed by atoms with Crippen LogP contribution in [0.4, 0.5) is 0 Å². The fourth-order valence-electron chi connectivity index (χ4n) is 1.66. The quantitative estimate of drug-likeness (QED) is 0.872. The van der Waals surface area contributed by atoms with Gasteiger partial charge in [0.05, 0.1) is 11.7 Å². The highest BCUT2D eigenvalue weighted by atomic mass is 16.5. The minimum Gasteiger partial charge on any atom is -0.490 e. The van der Waals surface area contributed by atoms with Crippen LogP contribution in [0.3, 0.4) is 0 Å². The molecule has 0 aromatic heterocycles. The number of rotatable bonds is 3. The molecule has 92 valence electrons. The smallest absolute Gasteiger partial charge is 0.252 e. The number of hydrogen-bond acceptors (Lipinski definition) is 2. The summed E-state index contributed by atoms with van der Waals surface area (Å²) in [7, 11) is 0. The average molecular weight is 233 g/mol. The first-order valence-electron chi connectivity index (χ1n) is 5.99. The van der Waals surface area contributed by atoms with Crippen LogP contribution in [0.1, 0.15) is 49.5 Å². The zero-order valence-electron chi connectivity index (χ0n) is 10.6. The van der Waals surface area contributed by atoms with E-state index in [0.29, 0.717) is 11.3 Å². The van der Waals surface area contributed by atoms with E-state index < -0.39 is 5.91 Å². The van der Waals surface area contributed by atoms with E-state index in [1.165, 1.54) is 0 Å². The molecular weight excluding hydrogens is 214 g/mol. The summed E-state index contributed by atoms with van der Waals surface area (Å²) in [6, 6.07) is 5.71. The highest BCUT2D eigenvalue weighted by molar-refractivity contribution is 5.95. The molecule has 1 aliphatic carbocycles. The molecule has 1 aromatic carbocycles. The summed E-state index contributed by atoms with van der Waals surface area (Å²) in [6.07, 6.45) is 2.41. The van der Waals surface area contributed by atoms with Gasteiger partial charge in [-0.3, -0.25) is 4.79 Å². The monoisotopic (exact) mass is 233 g/mol. The summed E-state index contributed by atoms with van der Waals surface area (Å²) < 4.78 is 5.68. The minimum absolute atomic E-state index is 0.00229. The molecule has 0 saturated heterocycles. The van der Waals surface area contributed by atoms with E-state index in [1.807, 2.05) is 18.2 Å². The lowest BCUT2D eigenvalue weighted by Crippen LogP contribution is -2.17. The van der Waals surface area contributed by atoms with Gasteiger partial charge in [0.1, 0.15) is 5.75 Å². The Morgan fingerprint density at radius 2 is 2.00 bits per heavy atom. The minimum atomic E-state index is -0.424. The molecule has 0 unspecified atom stereocenters. The summed E-state index contributed by atoms with van der Waals surface area (Å²) in [6.45, 7) is 6.32. The van der Waals surface area contributed by atoms with Crippen molar-refractivity contribution in [2.75, 3.05) is 0 Å². The van der Waals surface area contributed by atoms with Crippen LogP contribution in [0.25, 0.3) is 0 Å². The van der Waals surface area contributed by atoms with Gasteiger partial charge in [-0.05, 0) is 36.0 Å². The van der Waals surface area contributed by atoms with Crippen LogP contribution in [0.2, 0.25) is 0 Å². The Bertz CT molecular complexity index is 442. The number of carbonyl (C=O) groups is 1. The number of amides is 1. The highest BCUT2D eigenvalue weighted by Crippen LogP contribution is 2.32. The second-order valence-corrected chi connectivity index (χ2v) is 5.64. The molecule has 1 amide bonds. The topological polar surface area (TPSA) is 52.3 Å². The first kappa shape index (κ1) is 12.0. The van der Waals surface area contributed by atoms with Crippen molar-refractivity contribution in [3.05, 3.63) is 29.3 Å². The van der Waals surface area contributed by atoms with Gasteiger partial charge in [-0.2, -0.15) is 0 Å². The lowest BCUT2D eigenvalue weighted by Gasteiger charge is -2.20. The maximum Gasteiger partial charge on any atom is 0.252 e. The molecule has 1 saturated carbocycles. The van der Waals surface area contributed by atoms with Gasteiger partial charge in [0.25, 0.3) is 5.91 Å². The summed E-state index contributed by atoms with van der Waals surface area (Å²) in [5, 5.41) is 0. The van der Waals surface area contributed by atoms with E-state index in [-0.39, 0.29) is 11.5 Å². The van der Waals surface area contributed by atoms with Crippen LogP contribution in [-0.4, -0.2) is 12.0 Å². The van der Waals surface area contributed by atoms with Crippen molar-refractivity contribution >= 4 is 5.91 Å². The zero-order valence-corrected chi connectivity index (χ0v) is 10.6. The Morgan fingerprint density at radius 3 is 2.47 bits per heavy atom. The van der Waals surface area contributed by atoms with Gasteiger partial charge >= 0.3 is 0 Å². The fraction of sp³-hybridized carbons (Fsp3) is 0.500. The number of benzene rings is 1. The highest BCUT2D eigenvalue weighted by Gasteiger charge is 2.26. The van der Waals surface area contributed by atoms with E-state index in [0.717, 1.165) is 18.4 Å². The second kappa shape index (κ2) is 4.06. The maximum absolute atomic E-state index is 11.4. The van der Waals surface area contributed by atoms with Crippen LogP contribution in [0.15, 0.2) is 18.2 Å². The Balaban J connectivity index is 2.36. The molecule has 0 bridgehead atoms. The number of nitrogens with two attached hydrogens (primary N) is 1. The van der Waals surface area contributed by atoms with Crippen molar-refractivity contribution in [2.24, 2.45) is 5.73 Å². The molecule has 0 spiro atoms. The molecule has 0 aliphatic heterocycles. The van der Waals surface area contributed by atoms with Gasteiger partial charge in [0, 0.05) is 0 Å². The first-order valence-corrected chi connectivity index (χ1v) is 5.99. The molecule has 3 nitrogen and oxygen atoms in total. The molecule has 2 rings (SSSR count). The summed E-state index contributed by atoms with van der Waals surface area (Å²) >= 11 is 0. The van der Waals surface area contributed by atoms with Crippen LogP contribution >= 0.6 is 0 Å². The van der Waals surface area contributed by atoms with Gasteiger partial charge in [0.2, 0.25) is 0 Å². The van der Waals surface area contributed by atoms with Crippen molar-refractivity contribution < 1.29 is 9.53 Å². The van der Waals surface area contributed by atoms with Crippen molar-refractivity contribution in [1.29, 1.82) is 0 Å². The molecule has 0 atom stereocenters. The Hall–Kier alpha value is -1.51. The fourth-order valence-corrected chi connectivity index (χ4v) is 1.66. The van der Waals surface area contributed by atoms with Crippen LogP contribution in [0, 0.1) is 0 Å². The Kier molecular flexibility index (Phi) is 2.86. The molecule has 1 fully saturated rings. The molecule has 1 aliphatic rings. The molecule has 17 heavy (non-hydrogen) atoms. The van der Waals surface area contributed by atoms with Crippen LogP contribution in [0.5, 0.6) is 5.75 Å². The number of carbonyl (C=O) groups excluding carboxylic acids is 1. The summed E-state index contributed by atoms with van der Waals surface area (Å²) in [5.74, 6) is 0.194. The lowest BCUT2D eigenvalue weighted by molar-refractivity contribution is 0.0996. The zero-order chi connectivity index (χ0) is 12.6. The van der Waals surface area contributed by atoms with Gasteiger partial charge in [-0.1, -0.05) is 26.8 Å². The summed E-state index contributed by atoms with van der Waals surface area (Å²) in [4.78, 5) is 11.4. The van der Waals surface area contributed by atoms with Gasteiger partial charge in [0.15, 0.2) is 0 Å². The lowest BCUT2D eigenvalue weighted by atomic mass is 9.86. The van der Waals surface area contributed by atoms with Crippen molar-refractivity contribution in [1.82, 2.24) is 0 Å². The van der Waals surface area contributed by atoms with Gasteiger partial charge in [-0.15, -0.1) is 0 Å². The number of ether oxygens (including phenoxy) is 1. The normalized spacial score (nSPS) is 15.7. The standard InChI is InChI=1S/C14H19NO2/c1-14(2,3)9-4-7-12(17-10-5-6-10)11(8-9)13(15)16/h4,7-8,10H,5-6H2,1-3H3,(H2,15,16). The predicted octanol–water partition coefficient (Wildman–Crippen LogP) is 2.62. The molecule has 3 heteroatoms. The SMILES string of the molecule is CC(C)(C)c1ccc(OC2CC2)c(C(N)=O)c1. The summed E-state index contributed by atoms with van der Waals surface area (Å²) in [5.41, 5.74) is 6.99. The molecule has 1 aromatic rings. The number of hydrogen-bond donors (Lipinski definition) is 1. The predicted molar refractivity (Wildman–Crippen MR) is 67.3 cm³/mol. The first-order chi connectivity index (χ1) is 7.88. The van der Waals surface area contributed by atoms with Crippen molar-refractivity contribution in [3.8, 4) is 5.75 Å². The molecule has 2 N–H and O–H groups in total. The van der Waals surface area contributed by atoms with Gasteiger partial charge in [-0.25, -0.2) is 0 Å². The molecular formula is C14H19NO2. The van der Waals surface area contributed by atoms with Crippen LogP contribution < -0.4 is 10.5 Å². The second-order valence-electron chi connectivity index (χ2n) is 5.64. The Labute approximate surface area is 102 Å². The van der Waals surface area contributed by atoms with Crippen molar-refractivity contribution in [2.45, 2.75) is 45.1 Å². The maximum atomic E-state index is 11.4. The third-order valence-electron chi connectivity index (χ3n) is 2.93. The van der Waals surface area contributed by atoms with E-state index in [4.69, 9.17) is 10.5 Å². The van der Waals surface area contributed by atoms with Crippen molar-refractivity contribution in [3.63, 3.8) is 0 Å². The largest absolute Gasteiger partial charge is 0.490 e. The third-order valence-corrected chi connectivity index (χ3v) is 2.93.